The molecule has 3 nitrogen and oxygen atoms in total. The van der Waals surface area contributed by atoms with Crippen molar-refractivity contribution in [2.75, 3.05) is 18.1 Å². The molecule has 0 radical (unpaired) electrons. The molecule has 1 N–H and O–H groups in total. The summed E-state index contributed by atoms with van der Waals surface area (Å²) in [4.78, 5) is 12.0. The molecule has 116 valence electrons. The first kappa shape index (κ1) is 16.2. The van der Waals surface area contributed by atoms with E-state index in [4.69, 9.17) is 4.74 Å². The third kappa shape index (κ3) is 3.01. The van der Waals surface area contributed by atoms with Gasteiger partial charge in [-0.2, -0.15) is 11.8 Å². The molecule has 2 fully saturated rings. The zero-order chi connectivity index (χ0) is 14.6. The number of rotatable bonds is 6. The Bertz CT molecular complexity index is 339. The third-order valence-electron chi connectivity index (χ3n) is 5.37. The smallest absolute Gasteiger partial charge is 0.309 e. The largest absolute Gasteiger partial charge is 0.481 e. The normalized spacial score (nSPS) is 33.2. The Labute approximate surface area is 126 Å². The highest BCUT2D eigenvalue weighted by Gasteiger charge is 2.50. The molecule has 0 bridgehead atoms. The average molecular weight is 300 g/mol. The first-order chi connectivity index (χ1) is 9.58. The Kier molecular flexibility index (Phi) is 5.41. The molecule has 2 aliphatic heterocycles. The van der Waals surface area contributed by atoms with Crippen molar-refractivity contribution in [1.29, 1.82) is 0 Å². The Morgan fingerprint density at radius 3 is 2.85 bits per heavy atom. The predicted octanol–water partition coefficient (Wildman–Crippen LogP) is 3.96. The van der Waals surface area contributed by atoms with Gasteiger partial charge in [-0.25, -0.2) is 0 Å². The van der Waals surface area contributed by atoms with Crippen LogP contribution in [-0.4, -0.2) is 34.8 Å². The lowest BCUT2D eigenvalue weighted by Crippen LogP contribution is -2.48. The molecule has 2 rings (SSSR count). The fourth-order valence-corrected chi connectivity index (χ4v) is 5.34. The van der Waals surface area contributed by atoms with E-state index in [0.29, 0.717) is 0 Å². The number of unbranched alkanes of at least 4 members (excludes halogenated alkanes) is 1. The van der Waals surface area contributed by atoms with Gasteiger partial charge in [-0.05, 0) is 43.8 Å². The summed E-state index contributed by atoms with van der Waals surface area (Å²) in [6, 6.07) is 0. The Morgan fingerprint density at radius 1 is 1.50 bits per heavy atom. The van der Waals surface area contributed by atoms with Gasteiger partial charge >= 0.3 is 5.97 Å². The first-order valence-corrected chi connectivity index (χ1v) is 9.19. The molecule has 0 aromatic heterocycles. The van der Waals surface area contributed by atoms with Crippen molar-refractivity contribution in [2.45, 2.75) is 64.4 Å². The van der Waals surface area contributed by atoms with Crippen LogP contribution >= 0.6 is 11.8 Å². The Hall–Kier alpha value is -0.220. The molecule has 1 spiro atoms. The van der Waals surface area contributed by atoms with Gasteiger partial charge in [-0.15, -0.1) is 0 Å². The highest BCUT2D eigenvalue weighted by atomic mass is 32.2. The van der Waals surface area contributed by atoms with Crippen LogP contribution < -0.4 is 0 Å². The second-order valence-electron chi connectivity index (χ2n) is 6.44. The zero-order valence-electron chi connectivity index (χ0n) is 12.8. The lowest BCUT2D eigenvalue weighted by Gasteiger charge is -2.45. The molecule has 3 unspecified atom stereocenters. The molecule has 0 aliphatic carbocycles. The number of carbonyl (C=O) groups is 1. The van der Waals surface area contributed by atoms with Gasteiger partial charge in [-0.1, -0.05) is 26.7 Å². The molecular weight excluding hydrogens is 272 g/mol. The maximum atomic E-state index is 12.0. The van der Waals surface area contributed by atoms with Gasteiger partial charge in [-0.3, -0.25) is 4.79 Å². The summed E-state index contributed by atoms with van der Waals surface area (Å²) >= 11 is 1.95. The second-order valence-corrected chi connectivity index (χ2v) is 7.55. The van der Waals surface area contributed by atoms with Gasteiger partial charge in [0.15, 0.2) is 0 Å². The van der Waals surface area contributed by atoms with Crippen molar-refractivity contribution < 1.29 is 14.6 Å². The number of aliphatic carboxylic acids is 1. The summed E-state index contributed by atoms with van der Waals surface area (Å²) in [5.74, 6) is 1.91. The van der Waals surface area contributed by atoms with E-state index in [1.54, 1.807) is 0 Å². The van der Waals surface area contributed by atoms with E-state index < -0.39 is 11.4 Å². The van der Waals surface area contributed by atoms with Crippen molar-refractivity contribution in [1.82, 2.24) is 0 Å². The summed E-state index contributed by atoms with van der Waals surface area (Å²) in [5, 5.41) is 9.89. The van der Waals surface area contributed by atoms with Gasteiger partial charge in [0.2, 0.25) is 0 Å². The minimum Gasteiger partial charge on any atom is -0.481 e. The molecular formula is C16H28O3S. The first-order valence-electron chi connectivity index (χ1n) is 8.04. The van der Waals surface area contributed by atoms with Crippen LogP contribution in [0.1, 0.15) is 58.8 Å². The van der Waals surface area contributed by atoms with E-state index in [1.165, 1.54) is 0 Å². The van der Waals surface area contributed by atoms with E-state index in [2.05, 4.69) is 13.8 Å². The lowest BCUT2D eigenvalue weighted by molar-refractivity contribution is -0.163. The summed E-state index contributed by atoms with van der Waals surface area (Å²) in [6.45, 7) is 4.93. The zero-order valence-corrected chi connectivity index (χ0v) is 13.6. The maximum absolute atomic E-state index is 12.0. The van der Waals surface area contributed by atoms with Crippen LogP contribution in [0.15, 0.2) is 0 Å². The fourth-order valence-electron chi connectivity index (χ4n) is 3.96. The van der Waals surface area contributed by atoms with Gasteiger partial charge in [0.05, 0.1) is 11.0 Å². The van der Waals surface area contributed by atoms with Crippen molar-refractivity contribution >= 4 is 17.7 Å². The highest BCUT2D eigenvalue weighted by Crippen LogP contribution is 2.49. The summed E-state index contributed by atoms with van der Waals surface area (Å²) < 4.78 is 6.07. The monoisotopic (exact) mass is 300 g/mol. The Morgan fingerprint density at radius 2 is 2.30 bits per heavy atom. The van der Waals surface area contributed by atoms with Crippen molar-refractivity contribution in [2.24, 2.45) is 11.3 Å². The van der Waals surface area contributed by atoms with Gasteiger partial charge in [0, 0.05) is 12.4 Å². The van der Waals surface area contributed by atoms with E-state index in [-0.39, 0.29) is 11.5 Å². The molecule has 0 saturated carbocycles. The van der Waals surface area contributed by atoms with Crippen molar-refractivity contribution in [3.8, 4) is 0 Å². The van der Waals surface area contributed by atoms with E-state index in [1.807, 2.05) is 11.8 Å². The summed E-state index contributed by atoms with van der Waals surface area (Å²) in [7, 11) is 0. The minimum absolute atomic E-state index is 0.0182. The molecule has 0 amide bonds. The van der Waals surface area contributed by atoms with Crippen LogP contribution in [0.25, 0.3) is 0 Å². The van der Waals surface area contributed by atoms with E-state index in [9.17, 15) is 9.90 Å². The molecule has 20 heavy (non-hydrogen) atoms. The molecule has 3 atom stereocenters. The number of thioether (sulfide) groups is 1. The molecule has 2 aliphatic rings. The minimum atomic E-state index is -0.582. The van der Waals surface area contributed by atoms with E-state index >= 15 is 0 Å². The van der Waals surface area contributed by atoms with E-state index in [0.717, 1.165) is 63.1 Å². The average Bonchev–Trinajstić information content (AvgIpc) is 2.88. The van der Waals surface area contributed by atoms with Crippen LogP contribution in [0.4, 0.5) is 0 Å². The van der Waals surface area contributed by atoms with Gasteiger partial charge in [0.25, 0.3) is 0 Å². The van der Waals surface area contributed by atoms with Gasteiger partial charge in [0.1, 0.15) is 0 Å². The van der Waals surface area contributed by atoms with Crippen molar-refractivity contribution in [3.05, 3.63) is 0 Å². The SMILES string of the molecule is CCCCC(CC)(C(=O)O)C1CCOC2(CCSC2)C1. The number of hydrogen-bond acceptors (Lipinski definition) is 3. The van der Waals surface area contributed by atoms with Crippen LogP contribution in [0.5, 0.6) is 0 Å². The van der Waals surface area contributed by atoms with Crippen LogP contribution in [0.2, 0.25) is 0 Å². The standard InChI is InChI=1S/C16H28O3S/c1-3-5-7-16(4-2,14(17)18)13-6-9-19-15(11-13)8-10-20-12-15/h13H,3-12H2,1-2H3,(H,17,18). The number of hydrogen-bond donors (Lipinski definition) is 1. The fraction of sp³-hybridized carbons (Fsp3) is 0.938. The molecule has 0 aromatic carbocycles. The third-order valence-corrected chi connectivity index (χ3v) is 6.60. The summed E-state index contributed by atoms with van der Waals surface area (Å²) in [5.41, 5.74) is -0.546. The second kappa shape index (κ2) is 6.69. The number of carboxylic acids is 1. The van der Waals surface area contributed by atoms with Crippen LogP contribution in [0, 0.1) is 11.3 Å². The highest BCUT2D eigenvalue weighted by molar-refractivity contribution is 7.99. The number of carboxylic acid groups (broad SMARTS) is 1. The van der Waals surface area contributed by atoms with Crippen LogP contribution in [0.3, 0.4) is 0 Å². The maximum Gasteiger partial charge on any atom is 0.309 e. The summed E-state index contributed by atoms with van der Waals surface area (Å²) in [6.07, 6.45) is 6.61. The number of ether oxygens (including phenoxy) is 1. The van der Waals surface area contributed by atoms with Gasteiger partial charge < -0.3 is 9.84 Å². The topological polar surface area (TPSA) is 46.5 Å². The van der Waals surface area contributed by atoms with Crippen LogP contribution in [-0.2, 0) is 9.53 Å². The predicted molar refractivity (Wildman–Crippen MR) is 83.2 cm³/mol. The Balaban J connectivity index is 2.17. The molecule has 2 saturated heterocycles. The quantitative estimate of drug-likeness (QED) is 0.806. The lowest BCUT2D eigenvalue weighted by atomic mass is 9.64. The molecule has 0 aromatic rings. The molecule has 4 heteroatoms. The van der Waals surface area contributed by atoms with Crippen molar-refractivity contribution in [3.63, 3.8) is 0 Å². The molecule has 2 heterocycles.